The van der Waals surface area contributed by atoms with E-state index in [9.17, 15) is 9.18 Å². The van der Waals surface area contributed by atoms with Gasteiger partial charge in [0, 0.05) is 19.4 Å². The summed E-state index contributed by atoms with van der Waals surface area (Å²) in [5.74, 6) is 0.420. The number of carbonyl (C=O) groups is 1. The summed E-state index contributed by atoms with van der Waals surface area (Å²) in [6, 6.07) is 14.8. The van der Waals surface area contributed by atoms with Crippen LogP contribution in [-0.2, 0) is 10.3 Å². The predicted molar refractivity (Wildman–Crippen MR) is 108 cm³/mol. The molecule has 2 unspecified atom stereocenters. The summed E-state index contributed by atoms with van der Waals surface area (Å²) in [6.45, 7) is 6.43. The minimum atomic E-state index is -0.779. The second kappa shape index (κ2) is 7.42. The molecule has 0 radical (unpaired) electrons. The number of hydrogen-bond acceptors (Lipinski definition) is 2. The quantitative estimate of drug-likeness (QED) is 0.569. The van der Waals surface area contributed by atoms with E-state index in [1.807, 2.05) is 6.92 Å². The van der Waals surface area contributed by atoms with Crippen LogP contribution in [0.3, 0.4) is 0 Å². The zero-order valence-corrected chi connectivity index (χ0v) is 16.2. The van der Waals surface area contributed by atoms with E-state index in [0.29, 0.717) is 19.4 Å². The Morgan fingerprint density at radius 3 is 2.46 bits per heavy atom. The van der Waals surface area contributed by atoms with Gasteiger partial charge in [0.15, 0.2) is 0 Å². The molecule has 2 fully saturated rings. The maximum absolute atomic E-state index is 13.3. The van der Waals surface area contributed by atoms with Gasteiger partial charge < -0.3 is 9.64 Å². The van der Waals surface area contributed by atoms with Crippen LogP contribution in [0, 0.1) is 5.82 Å². The third-order valence-corrected chi connectivity index (χ3v) is 6.05. The van der Waals surface area contributed by atoms with Crippen molar-refractivity contribution in [1.29, 1.82) is 0 Å². The zero-order chi connectivity index (χ0) is 19.7. The van der Waals surface area contributed by atoms with Crippen molar-refractivity contribution in [2.24, 2.45) is 0 Å². The topological polar surface area (TPSA) is 29.5 Å². The summed E-state index contributed by atoms with van der Waals surface area (Å²) in [6.07, 6.45) is 5.12. The Hall–Kier alpha value is -2.62. The third-order valence-electron chi connectivity index (χ3n) is 6.05. The summed E-state index contributed by atoms with van der Waals surface area (Å²) >= 11 is 0. The number of rotatable bonds is 6. The molecule has 2 aromatic rings. The van der Waals surface area contributed by atoms with Gasteiger partial charge in [-0.3, -0.25) is 0 Å². The molecule has 1 amide bonds. The van der Waals surface area contributed by atoms with E-state index in [2.05, 4.69) is 30.8 Å². The lowest BCUT2D eigenvalue weighted by Gasteiger charge is -2.43. The molecule has 1 saturated heterocycles. The highest BCUT2D eigenvalue weighted by Crippen LogP contribution is 2.42. The lowest BCUT2D eigenvalue weighted by Crippen LogP contribution is -2.48. The van der Waals surface area contributed by atoms with Gasteiger partial charge in [0.05, 0.1) is 6.04 Å². The summed E-state index contributed by atoms with van der Waals surface area (Å²) in [4.78, 5) is 14.7. The van der Waals surface area contributed by atoms with Gasteiger partial charge in [-0.25, -0.2) is 9.18 Å². The van der Waals surface area contributed by atoms with Gasteiger partial charge in [0.1, 0.15) is 11.4 Å². The molecule has 1 aliphatic heterocycles. The molecule has 4 heteroatoms. The number of amides is 1. The highest BCUT2D eigenvalue weighted by molar-refractivity contribution is 5.70. The van der Waals surface area contributed by atoms with Crippen LogP contribution in [0.4, 0.5) is 9.18 Å². The molecule has 0 bridgehead atoms. The number of carbonyl (C=O) groups excluding carboxylic acids is 1. The highest BCUT2D eigenvalue weighted by Gasteiger charge is 2.42. The van der Waals surface area contributed by atoms with Crippen LogP contribution >= 0.6 is 0 Å². The standard InChI is InChI=1S/C24H26FNO2/c1-3-14-24(21-10-12-22(25)13-11-21)15-16-26(23(27)28-24)17(2)18-4-6-19(7-5-18)20-8-9-20/h3-7,10-13,17,20H,1,8-9,14-16H2,2H3. The second-order valence-electron chi connectivity index (χ2n) is 7.92. The normalized spacial score (nSPS) is 23.2. The van der Waals surface area contributed by atoms with E-state index in [-0.39, 0.29) is 18.0 Å². The fourth-order valence-corrected chi connectivity index (χ4v) is 4.12. The number of halogens is 1. The molecule has 1 aliphatic carbocycles. The van der Waals surface area contributed by atoms with E-state index >= 15 is 0 Å². The van der Waals surface area contributed by atoms with Crippen molar-refractivity contribution in [3.05, 3.63) is 83.7 Å². The number of cyclic esters (lactones) is 1. The smallest absolute Gasteiger partial charge is 0.411 e. The molecule has 28 heavy (non-hydrogen) atoms. The molecule has 3 nitrogen and oxygen atoms in total. The van der Waals surface area contributed by atoms with Crippen molar-refractivity contribution >= 4 is 6.09 Å². The minimum absolute atomic E-state index is 0.0595. The first-order valence-corrected chi connectivity index (χ1v) is 9.99. The molecule has 146 valence electrons. The van der Waals surface area contributed by atoms with Crippen LogP contribution < -0.4 is 0 Å². The van der Waals surface area contributed by atoms with Gasteiger partial charge in [-0.1, -0.05) is 42.5 Å². The highest BCUT2D eigenvalue weighted by atomic mass is 19.1. The molecular formula is C24H26FNO2. The van der Waals surface area contributed by atoms with Crippen LogP contribution in [0.5, 0.6) is 0 Å². The van der Waals surface area contributed by atoms with Gasteiger partial charge in [0.2, 0.25) is 0 Å². The van der Waals surface area contributed by atoms with Gasteiger partial charge in [-0.2, -0.15) is 0 Å². The molecule has 1 heterocycles. The van der Waals surface area contributed by atoms with Crippen LogP contribution in [0.2, 0.25) is 0 Å². The Morgan fingerprint density at radius 1 is 1.21 bits per heavy atom. The van der Waals surface area contributed by atoms with Crippen molar-refractivity contribution in [1.82, 2.24) is 4.90 Å². The average molecular weight is 379 g/mol. The monoisotopic (exact) mass is 379 g/mol. The summed E-state index contributed by atoms with van der Waals surface area (Å²) in [5.41, 5.74) is 2.53. The lowest BCUT2D eigenvalue weighted by atomic mass is 9.85. The van der Waals surface area contributed by atoms with E-state index in [0.717, 1.165) is 17.0 Å². The summed E-state index contributed by atoms with van der Waals surface area (Å²) in [7, 11) is 0. The van der Waals surface area contributed by atoms with E-state index < -0.39 is 5.60 Å². The van der Waals surface area contributed by atoms with Crippen molar-refractivity contribution in [2.45, 2.75) is 50.2 Å². The minimum Gasteiger partial charge on any atom is -0.437 e. The predicted octanol–water partition coefficient (Wildman–Crippen LogP) is 6.08. The van der Waals surface area contributed by atoms with Gasteiger partial charge >= 0.3 is 6.09 Å². The first-order valence-electron chi connectivity index (χ1n) is 9.99. The SMILES string of the molecule is C=CCC1(c2ccc(F)cc2)CCN(C(C)c2ccc(C3CC3)cc2)C(=O)O1. The Labute approximate surface area is 165 Å². The van der Waals surface area contributed by atoms with E-state index in [1.54, 1.807) is 23.1 Å². The maximum Gasteiger partial charge on any atom is 0.411 e. The van der Waals surface area contributed by atoms with Gasteiger partial charge in [0.25, 0.3) is 0 Å². The third kappa shape index (κ3) is 3.56. The molecule has 0 N–H and O–H groups in total. The molecule has 4 rings (SSSR count). The molecule has 1 saturated carbocycles. The molecule has 2 aromatic carbocycles. The zero-order valence-electron chi connectivity index (χ0n) is 16.2. The summed E-state index contributed by atoms with van der Waals surface area (Å²) < 4.78 is 19.3. The van der Waals surface area contributed by atoms with Gasteiger partial charge in [-0.15, -0.1) is 6.58 Å². The summed E-state index contributed by atoms with van der Waals surface area (Å²) in [5, 5.41) is 0. The number of hydrogen-bond donors (Lipinski definition) is 0. The first kappa shape index (κ1) is 18.7. The fourth-order valence-electron chi connectivity index (χ4n) is 4.12. The van der Waals surface area contributed by atoms with Crippen LogP contribution in [0.1, 0.15) is 61.3 Å². The Bertz CT molecular complexity index is 857. The molecule has 0 spiro atoms. The molecule has 0 aromatic heterocycles. The van der Waals surface area contributed by atoms with Crippen molar-refractivity contribution in [3.8, 4) is 0 Å². The molecule has 2 atom stereocenters. The molecule has 2 aliphatic rings. The molecular weight excluding hydrogens is 353 g/mol. The van der Waals surface area contributed by atoms with Crippen molar-refractivity contribution in [3.63, 3.8) is 0 Å². The maximum atomic E-state index is 13.3. The Balaban J connectivity index is 1.52. The van der Waals surface area contributed by atoms with E-state index in [4.69, 9.17) is 4.74 Å². The van der Waals surface area contributed by atoms with Gasteiger partial charge in [-0.05, 0) is 54.5 Å². The van der Waals surface area contributed by atoms with Crippen molar-refractivity contribution in [2.75, 3.05) is 6.54 Å². The van der Waals surface area contributed by atoms with Crippen molar-refractivity contribution < 1.29 is 13.9 Å². The average Bonchev–Trinajstić information content (AvgIpc) is 3.54. The Morgan fingerprint density at radius 2 is 1.89 bits per heavy atom. The van der Waals surface area contributed by atoms with Crippen LogP contribution in [0.15, 0.2) is 61.2 Å². The number of ether oxygens (including phenoxy) is 1. The van der Waals surface area contributed by atoms with Crippen LogP contribution in [0.25, 0.3) is 0 Å². The first-order chi connectivity index (χ1) is 13.5. The lowest BCUT2D eigenvalue weighted by molar-refractivity contribution is -0.0588. The number of benzene rings is 2. The Kier molecular flexibility index (Phi) is 4.96. The fraction of sp³-hybridized carbons (Fsp3) is 0.375. The van der Waals surface area contributed by atoms with Crippen LogP contribution in [-0.4, -0.2) is 17.5 Å². The largest absolute Gasteiger partial charge is 0.437 e. The number of nitrogens with zero attached hydrogens (tertiary/aromatic N) is 1. The second-order valence-corrected chi connectivity index (χ2v) is 7.92. The van der Waals surface area contributed by atoms with E-state index in [1.165, 1.54) is 30.5 Å².